The molecule has 1 aromatic heterocycles. The highest BCUT2D eigenvalue weighted by Gasteiger charge is 2.34. The van der Waals surface area contributed by atoms with E-state index in [0.29, 0.717) is 18.7 Å². The first-order chi connectivity index (χ1) is 13.9. The van der Waals surface area contributed by atoms with Gasteiger partial charge in [0, 0.05) is 63.3 Å². The van der Waals surface area contributed by atoms with Crippen molar-refractivity contribution >= 4 is 29.4 Å². The number of hydrogen-bond donors (Lipinski definition) is 3. The number of carbonyl (C=O) groups is 2. The fourth-order valence-corrected chi connectivity index (χ4v) is 3.82. The number of likely N-dealkylation sites (N-methyl/N-ethyl adjacent to an activating group) is 1. The highest BCUT2D eigenvalue weighted by Crippen LogP contribution is 2.32. The van der Waals surface area contributed by atoms with E-state index in [1.807, 2.05) is 0 Å². The van der Waals surface area contributed by atoms with Gasteiger partial charge in [0.2, 0.25) is 5.91 Å². The lowest BCUT2D eigenvalue weighted by Gasteiger charge is -2.38. The maximum atomic E-state index is 15.3. The standard InChI is InChI=1S/C20H25FN6O2/c1-4-15(28)27-7-5-6-13(11-27)26(3)19-17(21)14-10-24-20(29)16(14)18(25-19)12(8-22)9-23-2/h4,8-9,13,22-23H,1,5-7,10-11H2,2-3H3,(H,24,29)/b12-9+,22-8?. The minimum absolute atomic E-state index is 0.0763. The number of allylic oxidation sites excluding steroid dienone is 1. The van der Waals surface area contributed by atoms with Crippen molar-refractivity contribution in [3.8, 4) is 0 Å². The molecule has 0 aliphatic carbocycles. The van der Waals surface area contributed by atoms with Crippen LogP contribution in [0.1, 0.15) is 34.5 Å². The van der Waals surface area contributed by atoms with Crippen LogP contribution in [0.15, 0.2) is 18.9 Å². The molecule has 0 spiro atoms. The van der Waals surface area contributed by atoms with Gasteiger partial charge in [-0.15, -0.1) is 0 Å². The maximum Gasteiger partial charge on any atom is 0.254 e. The number of halogens is 1. The van der Waals surface area contributed by atoms with Crippen LogP contribution in [0.25, 0.3) is 5.57 Å². The van der Waals surface area contributed by atoms with E-state index >= 15 is 4.39 Å². The summed E-state index contributed by atoms with van der Waals surface area (Å²) in [7, 11) is 3.41. The molecule has 154 valence electrons. The number of rotatable bonds is 6. The summed E-state index contributed by atoms with van der Waals surface area (Å²) in [4.78, 5) is 32.2. The van der Waals surface area contributed by atoms with Gasteiger partial charge in [0.15, 0.2) is 11.6 Å². The van der Waals surface area contributed by atoms with Crippen LogP contribution in [0.4, 0.5) is 10.2 Å². The van der Waals surface area contributed by atoms with Gasteiger partial charge in [-0.3, -0.25) is 9.59 Å². The largest absolute Gasteiger partial charge is 0.393 e. The van der Waals surface area contributed by atoms with Crippen molar-refractivity contribution in [3.05, 3.63) is 41.5 Å². The van der Waals surface area contributed by atoms with Crippen molar-refractivity contribution in [1.29, 1.82) is 5.41 Å². The molecule has 2 amide bonds. The highest BCUT2D eigenvalue weighted by molar-refractivity contribution is 6.13. The summed E-state index contributed by atoms with van der Waals surface area (Å²) in [6.07, 6.45) is 5.49. The molecule has 3 heterocycles. The minimum Gasteiger partial charge on any atom is -0.393 e. The van der Waals surface area contributed by atoms with Crippen LogP contribution in [0.5, 0.6) is 0 Å². The third kappa shape index (κ3) is 3.72. The Balaban J connectivity index is 2.04. The Labute approximate surface area is 169 Å². The monoisotopic (exact) mass is 400 g/mol. The zero-order valence-electron chi connectivity index (χ0n) is 16.6. The number of amides is 2. The molecule has 2 aliphatic heterocycles. The van der Waals surface area contributed by atoms with Gasteiger partial charge in [0.05, 0.1) is 11.3 Å². The molecule has 0 bridgehead atoms. The predicted octanol–water partition coefficient (Wildman–Crippen LogP) is 1.29. The molecule has 1 aromatic rings. The Morgan fingerprint density at radius 1 is 1.52 bits per heavy atom. The molecule has 0 aromatic carbocycles. The summed E-state index contributed by atoms with van der Waals surface area (Å²) in [5.74, 6) is -0.994. The molecule has 2 aliphatic rings. The van der Waals surface area contributed by atoms with Crippen LogP contribution in [0, 0.1) is 11.2 Å². The molecule has 1 saturated heterocycles. The molecule has 3 N–H and O–H groups in total. The molecule has 9 heteroatoms. The average molecular weight is 400 g/mol. The zero-order valence-corrected chi connectivity index (χ0v) is 16.6. The number of likely N-dealkylation sites (tertiary alicyclic amines) is 1. The number of fused-ring (bicyclic) bond motifs is 1. The normalized spacial score (nSPS) is 18.7. The third-order valence-corrected chi connectivity index (χ3v) is 5.36. The average Bonchev–Trinajstić information content (AvgIpc) is 3.14. The van der Waals surface area contributed by atoms with Gasteiger partial charge < -0.3 is 25.8 Å². The first-order valence-electron chi connectivity index (χ1n) is 9.45. The molecular formula is C20H25FN6O2. The number of anilines is 1. The number of carbonyl (C=O) groups excluding carboxylic acids is 2. The summed E-state index contributed by atoms with van der Waals surface area (Å²) in [5.41, 5.74) is 1.05. The van der Waals surface area contributed by atoms with E-state index < -0.39 is 11.7 Å². The Morgan fingerprint density at radius 3 is 2.93 bits per heavy atom. The van der Waals surface area contributed by atoms with Gasteiger partial charge in [-0.05, 0) is 18.9 Å². The molecular weight excluding hydrogens is 375 g/mol. The molecule has 0 saturated carbocycles. The fourth-order valence-electron chi connectivity index (χ4n) is 3.82. The van der Waals surface area contributed by atoms with Gasteiger partial charge in [-0.2, -0.15) is 0 Å². The lowest BCUT2D eigenvalue weighted by Crippen LogP contribution is -2.48. The van der Waals surface area contributed by atoms with E-state index in [0.717, 1.165) is 19.1 Å². The molecule has 0 radical (unpaired) electrons. The van der Waals surface area contributed by atoms with Crippen molar-refractivity contribution in [2.45, 2.75) is 25.4 Å². The van der Waals surface area contributed by atoms with Gasteiger partial charge in [0.1, 0.15) is 0 Å². The molecule has 1 unspecified atom stereocenters. The molecule has 8 nitrogen and oxygen atoms in total. The highest BCUT2D eigenvalue weighted by atomic mass is 19.1. The van der Waals surface area contributed by atoms with Crippen LogP contribution in [0.2, 0.25) is 0 Å². The van der Waals surface area contributed by atoms with Crippen LogP contribution >= 0.6 is 0 Å². The summed E-state index contributed by atoms with van der Waals surface area (Å²) in [5, 5.41) is 13.2. The fraction of sp³-hybridized carbons (Fsp3) is 0.400. The number of nitrogens with one attached hydrogen (secondary N) is 3. The Kier molecular flexibility index (Phi) is 5.95. The number of pyridine rings is 1. The number of aromatic nitrogens is 1. The molecule has 3 rings (SSSR count). The van der Waals surface area contributed by atoms with Crippen molar-refractivity contribution in [3.63, 3.8) is 0 Å². The summed E-state index contributed by atoms with van der Waals surface area (Å²) in [6, 6.07) is -0.123. The summed E-state index contributed by atoms with van der Waals surface area (Å²) < 4.78 is 15.3. The van der Waals surface area contributed by atoms with E-state index in [-0.39, 0.29) is 41.1 Å². The first kappa shape index (κ1) is 20.5. The second-order valence-corrected chi connectivity index (χ2v) is 7.06. The maximum absolute atomic E-state index is 15.3. The molecule has 1 atom stereocenters. The van der Waals surface area contributed by atoms with E-state index in [4.69, 9.17) is 5.41 Å². The molecule has 29 heavy (non-hydrogen) atoms. The summed E-state index contributed by atoms with van der Waals surface area (Å²) >= 11 is 0. The third-order valence-electron chi connectivity index (χ3n) is 5.36. The van der Waals surface area contributed by atoms with Crippen molar-refractivity contribution in [1.82, 2.24) is 20.5 Å². The van der Waals surface area contributed by atoms with E-state index in [2.05, 4.69) is 22.2 Å². The Bertz CT molecular complexity index is 897. The predicted molar refractivity (Wildman–Crippen MR) is 109 cm³/mol. The number of piperidine rings is 1. The van der Waals surface area contributed by atoms with E-state index in [1.165, 1.54) is 6.08 Å². The van der Waals surface area contributed by atoms with Gasteiger partial charge in [-0.25, -0.2) is 9.37 Å². The van der Waals surface area contributed by atoms with E-state index in [9.17, 15) is 9.59 Å². The number of hydrogen-bond acceptors (Lipinski definition) is 6. The minimum atomic E-state index is -0.550. The van der Waals surface area contributed by atoms with Crippen LogP contribution in [0.3, 0.4) is 0 Å². The summed E-state index contributed by atoms with van der Waals surface area (Å²) in [6.45, 7) is 4.69. The van der Waals surface area contributed by atoms with Gasteiger partial charge in [-0.1, -0.05) is 6.58 Å². The van der Waals surface area contributed by atoms with Gasteiger partial charge >= 0.3 is 0 Å². The Morgan fingerprint density at radius 2 is 2.28 bits per heavy atom. The van der Waals surface area contributed by atoms with Crippen LogP contribution in [-0.4, -0.2) is 61.1 Å². The van der Waals surface area contributed by atoms with Crippen LogP contribution in [-0.2, 0) is 11.3 Å². The topological polar surface area (TPSA) is 101 Å². The quantitative estimate of drug-likeness (QED) is 0.493. The zero-order chi connectivity index (χ0) is 21.1. The van der Waals surface area contributed by atoms with Crippen molar-refractivity contribution < 1.29 is 14.0 Å². The first-order valence-corrected chi connectivity index (χ1v) is 9.45. The smallest absolute Gasteiger partial charge is 0.254 e. The molecule has 1 fully saturated rings. The Hall–Kier alpha value is -3.23. The lowest BCUT2D eigenvalue weighted by atomic mass is 10.0. The van der Waals surface area contributed by atoms with Gasteiger partial charge in [0.25, 0.3) is 5.91 Å². The number of nitrogens with zero attached hydrogens (tertiary/aromatic N) is 3. The van der Waals surface area contributed by atoms with Crippen LogP contribution < -0.4 is 15.5 Å². The van der Waals surface area contributed by atoms with Crippen molar-refractivity contribution in [2.24, 2.45) is 0 Å². The van der Waals surface area contributed by atoms with E-state index in [1.54, 1.807) is 30.1 Å². The lowest BCUT2D eigenvalue weighted by molar-refractivity contribution is -0.127. The second-order valence-electron chi connectivity index (χ2n) is 7.06. The SMILES string of the molecule is C=CC(=O)N1CCCC(N(C)c2nc(/C(C=N)=C/NC)c3c(c2F)CNC3=O)C1. The van der Waals surface area contributed by atoms with Crippen molar-refractivity contribution in [2.75, 3.05) is 32.1 Å². The second kappa shape index (κ2) is 8.42.